The van der Waals surface area contributed by atoms with Crippen molar-refractivity contribution in [3.63, 3.8) is 0 Å². The summed E-state index contributed by atoms with van der Waals surface area (Å²) in [4.78, 5) is 29.8. The van der Waals surface area contributed by atoms with Gasteiger partial charge in [-0.3, -0.25) is 9.59 Å². The zero-order chi connectivity index (χ0) is 20.5. The van der Waals surface area contributed by atoms with Gasteiger partial charge in [-0.2, -0.15) is 0 Å². The first kappa shape index (κ1) is 18.8. The Morgan fingerprint density at radius 2 is 1.97 bits per heavy atom. The van der Waals surface area contributed by atoms with Crippen LogP contribution in [-0.2, 0) is 16.0 Å². The van der Waals surface area contributed by atoms with Gasteiger partial charge in [-0.1, -0.05) is 30.3 Å². The highest BCUT2D eigenvalue weighted by atomic mass is 16.5. The Morgan fingerprint density at radius 1 is 1.21 bits per heavy atom. The van der Waals surface area contributed by atoms with Crippen LogP contribution in [0.4, 0.5) is 0 Å². The summed E-state index contributed by atoms with van der Waals surface area (Å²) in [6, 6.07) is 14.5. The number of ether oxygens (including phenoxy) is 1. The van der Waals surface area contributed by atoms with Crippen LogP contribution in [0.15, 0.2) is 66.1 Å². The number of hydrogen-bond donors (Lipinski definition) is 2. The van der Waals surface area contributed by atoms with Crippen molar-refractivity contribution < 1.29 is 19.4 Å². The number of amides is 1. The van der Waals surface area contributed by atoms with Crippen molar-refractivity contribution in [3.8, 4) is 5.75 Å². The van der Waals surface area contributed by atoms with Gasteiger partial charge in [0.15, 0.2) is 11.5 Å². The van der Waals surface area contributed by atoms with Gasteiger partial charge >= 0.3 is 0 Å². The molecule has 6 nitrogen and oxygen atoms in total. The summed E-state index contributed by atoms with van der Waals surface area (Å²) >= 11 is 0. The van der Waals surface area contributed by atoms with Crippen LogP contribution in [0.1, 0.15) is 24.1 Å². The minimum absolute atomic E-state index is 0.154. The van der Waals surface area contributed by atoms with Crippen LogP contribution in [0.2, 0.25) is 0 Å². The average molecular weight is 390 g/mol. The molecule has 0 fully saturated rings. The Labute approximate surface area is 168 Å². The molecule has 0 aliphatic carbocycles. The predicted octanol–water partition coefficient (Wildman–Crippen LogP) is 3.70. The maximum Gasteiger partial charge on any atom is 0.290 e. The quantitative estimate of drug-likeness (QED) is 0.672. The number of carbonyl (C=O) groups excluding carboxylic acids is 2. The summed E-state index contributed by atoms with van der Waals surface area (Å²) in [5.41, 5.74) is 2.98. The second kappa shape index (κ2) is 7.47. The molecular formula is C23H22N2O4. The maximum absolute atomic E-state index is 12.8. The van der Waals surface area contributed by atoms with E-state index in [0.29, 0.717) is 13.0 Å². The molecule has 2 N–H and O–H groups in total. The molecule has 1 atom stereocenters. The third kappa shape index (κ3) is 3.27. The van der Waals surface area contributed by atoms with E-state index < -0.39 is 17.7 Å². The molecule has 1 aromatic heterocycles. The lowest BCUT2D eigenvalue weighted by Crippen LogP contribution is -2.32. The largest absolute Gasteiger partial charge is 0.503 e. The summed E-state index contributed by atoms with van der Waals surface area (Å²) in [5.74, 6) is -0.506. The molecule has 1 aliphatic rings. The van der Waals surface area contributed by atoms with Crippen molar-refractivity contribution in [1.82, 2.24) is 9.88 Å². The van der Waals surface area contributed by atoms with E-state index in [1.54, 1.807) is 12.0 Å². The average Bonchev–Trinajstić information content (AvgIpc) is 3.25. The third-order valence-electron chi connectivity index (χ3n) is 5.39. The van der Waals surface area contributed by atoms with E-state index in [0.717, 1.165) is 27.8 Å². The zero-order valence-electron chi connectivity index (χ0n) is 16.3. The van der Waals surface area contributed by atoms with Crippen LogP contribution < -0.4 is 4.74 Å². The predicted molar refractivity (Wildman–Crippen MR) is 110 cm³/mol. The van der Waals surface area contributed by atoms with Gasteiger partial charge in [-0.15, -0.1) is 0 Å². The molecular weight excluding hydrogens is 368 g/mol. The lowest BCUT2D eigenvalue weighted by atomic mass is 9.96. The summed E-state index contributed by atoms with van der Waals surface area (Å²) in [5, 5.41) is 11.4. The molecule has 148 valence electrons. The van der Waals surface area contributed by atoms with Gasteiger partial charge in [0.1, 0.15) is 5.75 Å². The molecule has 1 aliphatic heterocycles. The van der Waals surface area contributed by atoms with E-state index in [1.807, 2.05) is 54.7 Å². The summed E-state index contributed by atoms with van der Waals surface area (Å²) < 4.78 is 5.32. The van der Waals surface area contributed by atoms with E-state index in [1.165, 1.54) is 6.92 Å². The van der Waals surface area contributed by atoms with Crippen molar-refractivity contribution in [3.05, 3.63) is 77.2 Å². The number of hydrogen-bond acceptors (Lipinski definition) is 4. The van der Waals surface area contributed by atoms with Crippen LogP contribution in [0.3, 0.4) is 0 Å². The molecule has 2 heterocycles. The van der Waals surface area contributed by atoms with Crippen molar-refractivity contribution in [2.24, 2.45) is 0 Å². The van der Waals surface area contributed by atoms with Crippen molar-refractivity contribution in [1.29, 1.82) is 0 Å². The minimum Gasteiger partial charge on any atom is -0.503 e. The van der Waals surface area contributed by atoms with Gasteiger partial charge in [-0.05, 0) is 42.7 Å². The number of H-pyrrole nitrogens is 1. The first-order valence-electron chi connectivity index (χ1n) is 9.45. The molecule has 0 bridgehead atoms. The summed E-state index contributed by atoms with van der Waals surface area (Å²) in [6.07, 6.45) is 2.49. The molecule has 2 aromatic carbocycles. The number of rotatable bonds is 6. The number of benzene rings is 2. The van der Waals surface area contributed by atoms with Crippen LogP contribution in [0.5, 0.6) is 5.75 Å². The molecule has 0 radical (unpaired) electrons. The third-order valence-corrected chi connectivity index (χ3v) is 5.39. The fourth-order valence-corrected chi connectivity index (χ4v) is 3.96. The Hall–Kier alpha value is -3.54. The first-order valence-corrected chi connectivity index (χ1v) is 9.45. The Kier molecular flexibility index (Phi) is 4.84. The Bertz CT molecular complexity index is 1110. The molecule has 0 saturated heterocycles. The molecule has 3 aromatic rings. The first-order chi connectivity index (χ1) is 14.0. The van der Waals surface area contributed by atoms with Crippen molar-refractivity contribution >= 4 is 22.6 Å². The number of aromatic amines is 1. The fraction of sp³-hybridized carbons (Fsp3) is 0.217. The van der Waals surface area contributed by atoms with Crippen molar-refractivity contribution in [2.45, 2.75) is 19.4 Å². The lowest BCUT2D eigenvalue weighted by Gasteiger charge is -2.26. The molecule has 0 saturated carbocycles. The van der Waals surface area contributed by atoms with Gasteiger partial charge < -0.3 is 19.7 Å². The number of nitrogens with one attached hydrogen (secondary N) is 1. The lowest BCUT2D eigenvalue weighted by molar-refractivity contribution is -0.129. The van der Waals surface area contributed by atoms with Gasteiger partial charge in [0.05, 0.1) is 18.7 Å². The topological polar surface area (TPSA) is 82.6 Å². The van der Waals surface area contributed by atoms with Gasteiger partial charge in [0.2, 0.25) is 0 Å². The molecule has 4 rings (SSSR count). The molecule has 0 spiro atoms. The fourth-order valence-electron chi connectivity index (χ4n) is 3.96. The Balaban J connectivity index is 1.65. The molecule has 29 heavy (non-hydrogen) atoms. The smallest absolute Gasteiger partial charge is 0.290 e. The highest BCUT2D eigenvalue weighted by Gasteiger charge is 2.41. The van der Waals surface area contributed by atoms with E-state index in [4.69, 9.17) is 4.74 Å². The number of aromatic nitrogens is 1. The summed E-state index contributed by atoms with van der Waals surface area (Å²) in [7, 11) is 1.62. The van der Waals surface area contributed by atoms with Crippen LogP contribution >= 0.6 is 0 Å². The SMILES string of the molecule is COc1ccc2[nH]cc(CCN3C(=O)C(O)=C(C(C)=O)[C@H]3c3ccccc3)c2c1. The maximum atomic E-state index is 12.8. The van der Waals surface area contributed by atoms with Crippen LogP contribution in [-0.4, -0.2) is 40.3 Å². The number of Topliss-reactive ketones (excluding diaryl/α,β-unsaturated/α-hetero) is 1. The Morgan fingerprint density at radius 3 is 2.66 bits per heavy atom. The van der Waals surface area contributed by atoms with E-state index >= 15 is 0 Å². The second-order valence-corrected chi connectivity index (χ2v) is 7.11. The number of aliphatic hydroxyl groups is 1. The van der Waals surface area contributed by atoms with E-state index in [-0.39, 0.29) is 11.4 Å². The number of fused-ring (bicyclic) bond motifs is 1. The molecule has 6 heteroatoms. The van der Waals surface area contributed by atoms with Gasteiger partial charge in [0.25, 0.3) is 5.91 Å². The number of aliphatic hydroxyl groups excluding tert-OH is 1. The number of nitrogens with zero attached hydrogens (tertiary/aromatic N) is 1. The standard InChI is InChI=1S/C23H22N2O4/c1-14(26)20-21(15-6-4-3-5-7-15)25(23(28)22(20)27)11-10-16-13-24-19-9-8-17(29-2)12-18(16)19/h3-9,12-13,21,24,27H,10-11H2,1-2H3/t21-/m1/s1. The van der Waals surface area contributed by atoms with Crippen LogP contribution in [0, 0.1) is 0 Å². The van der Waals surface area contributed by atoms with Gasteiger partial charge in [0, 0.05) is 23.6 Å². The monoisotopic (exact) mass is 390 g/mol. The number of ketones is 1. The van der Waals surface area contributed by atoms with Gasteiger partial charge in [-0.25, -0.2) is 0 Å². The highest BCUT2D eigenvalue weighted by Crippen LogP contribution is 2.37. The normalized spacial score (nSPS) is 16.7. The highest BCUT2D eigenvalue weighted by molar-refractivity contribution is 6.08. The minimum atomic E-state index is -0.582. The number of carbonyl (C=O) groups is 2. The van der Waals surface area contributed by atoms with E-state index in [2.05, 4.69) is 4.98 Å². The second-order valence-electron chi connectivity index (χ2n) is 7.11. The zero-order valence-corrected chi connectivity index (χ0v) is 16.3. The van der Waals surface area contributed by atoms with Crippen molar-refractivity contribution in [2.75, 3.05) is 13.7 Å². The van der Waals surface area contributed by atoms with E-state index in [9.17, 15) is 14.7 Å². The van der Waals surface area contributed by atoms with Crippen LogP contribution in [0.25, 0.3) is 10.9 Å². The molecule has 0 unspecified atom stereocenters. The molecule has 1 amide bonds. The summed E-state index contributed by atoms with van der Waals surface area (Å²) in [6.45, 7) is 1.74. The number of methoxy groups -OCH3 is 1.